The van der Waals surface area contributed by atoms with Gasteiger partial charge in [-0.2, -0.15) is 0 Å². The van der Waals surface area contributed by atoms with E-state index < -0.39 is 0 Å². The Morgan fingerprint density at radius 1 is 0.905 bits per heavy atom. The summed E-state index contributed by atoms with van der Waals surface area (Å²) in [5.41, 5.74) is 13.2. The molecule has 0 aliphatic rings. The Balaban J connectivity index is 2.26. The predicted octanol–water partition coefficient (Wildman–Crippen LogP) is 2.12. The first-order valence-corrected chi connectivity index (χ1v) is 6.22. The van der Waals surface area contributed by atoms with Gasteiger partial charge in [0.2, 0.25) is 0 Å². The largest absolute Gasteiger partial charge is 0.497 e. The Hall–Kier alpha value is -2.89. The number of hydrogen-bond acceptors (Lipinski definition) is 5. The summed E-state index contributed by atoms with van der Waals surface area (Å²) in [6.07, 6.45) is 0. The van der Waals surface area contributed by atoms with Crippen LogP contribution in [0.5, 0.6) is 11.5 Å². The molecule has 0 aromatic heterocycles. The van der Waals surface area contributed by atoms with Gasteiger partial charge in [-0.15, -0.1) is 0 Å². The average molecular weight is 287 g/mol. The third-order valence-corrected chi connectivity index (χ3v) is 2.85. The third-order valence-electron chi connectivity index (χ3n) is 2.85. The molecule has 0 atom stereocenters. The number of nitrogens with one attached hydrogen (secondary N) is 1. The van der Waals surface area contributed by atoms with Gasteiger partial charge < -0.3 is 26.3 Å². The quantitative estimate of drug-likeness (QED) is 0.748. The molecule has 21 heavy (non-hydrogen) atoms. The summed E-state index contributed by atoms with van der Waals surface area (Å²) in [4.78, 5) is 12.2. The molecule has 2 aromatic rings. The second-order valence-corrected chi connectivity index (χ2v) is 4.44. The summed E-state index contributed by atoms with van der Waals surface area (Å²) in [5.74, 6) is 0.845. The fourth-order valence-corrected chi connectivity index (χ4v) is 1.89. The molecule has 5 N–H and O–H groups in total. The highest BCUT2D eigenvalue weighted by molar-refractivity contribution is 6.05. The van der Waals surface area contributed by atoms with Crippen molar-refractivity contribution < 1.29 is 14.3 Å². The van der Waals surface area contributed by atoms with Crippen LogP contribution in [0, 0.1) is 0 Å². The van der Waals surface area contributed by atoms with Crippen molar-refractivity contribution in [1.29, 1.82) is 0 Å². The summed E-state index contributed by atoms with van der Waals surface area (Å²) in [7, 11) is 3.08. The highest BCUT2D eigenvalue weighted by Crippen LogP contribution is 2.26. The molecule has 0 heterocycles. The minimum atomic E-state index is -0.315. The van der Waals surface area contributed by atoms with Crippen LogP contribution in [0.25, 0.3) is 0 Å². The van der Waals surface area contributed by atoms with Crippen molar-refractivity contribution in [2.75, 3.05) is 31.0 Å². The summed E-state index contributed by atoms with van der Waals surface area (Å²) < 4.78 is 10.3. The molecule has 2 aromatic carbocycles. The van der Waals surface area contributed by atoms with Crippen molar-refractivity contribution in [3.63, 3.8) is 0 Å². The number of rotatable bonds is 4. The second-order valence-electron chi connectivity index (χ2n) is 4.44. The maximum atomic E-state index is 12.2. The zero-order chi connectivity index (χ0) is 15.4. The van der Waals surface area contributed by atoms with E-state index in [0.717, 1.165) is 0 Å². The van der Waals surface area contributed by atoms with Crippen molar-refractivity contribution in [1.82, 2.24) is 0 Å². The SMILES string of the molecule is COc1cc(NC(=O)c2cc(N)cc(N)c2)cc(OC)c1. The van der Waals surface area contributed by atoms with E-state index in [2.05, 4.69) is 5.32 Å². The number of amides is 1. The molecule has 0 spiro atoms. The van der Waals surface area contributed by atoms with Gasteiger partial charge in [0.15, 0.2) is 0 Å². The molecule has 0 aliphatic heterocycles. The maximum absolute atomic E-state index is 12.2. The number of carbonyl (C=O) groups is 1. The smallest absolute Gasteiger partial charge is 0.255 e. The average Bonchev–Trinajstić information content (AvgIpc) is 2.45. The Kier molecular flexibility index (Phi) is 4.18. The van der Waals surface area contributed by atoms with E-state index in [1.807, 2.05) is 0 Å². The molecule has 0 saturated carbocycles. The van der Waals surface area contributed by atoms with Crippen molar-refractivity contribution in [3.05, 3.63) is 42.0 Å². The Bertz CT molecular complexity index is 629. The van der Waals surface area contributed by atoms with Gasteiger partial charge in [-0.25, -0.2) is 0 Å². The van der Waals surface area contributed by atoms with Crippen LogP contribution in [0.15, 0.2) is 36.4 Å². The van der Waals surface area contributed by atoms with E-state index >= 15 is 0 Å². The minimum absolute atomic E-state index is 0.315. The third kappa shape index (κ3) is 3.56. The summed E-state index contributed by atoms with van der Waals surface area (Å²) in [6, 6.07) is 9.80. The zero-order valence-corrected chi connectivity index (χ0v) is 11.8. The normalized spacial score (nSPS) is 10.0. The highest BCUT2D eigenvalue weighted by Gasteiger charge is 2.09. The molecule has 0 unspecified atom stereocenters. The van der Waals surface area contributed by atoms with Crippen LogP contribution in [0.2, 0.25) is 0 Å². The molecule has 0 radical (unpaired) electrons. The standard InChI is InChI=1S/C15H17N3O3/c1-20-13-6-12(7-14(8-13)21-2)18-15(19)9-3-10(16)5-11(17)4-9/h3-8H,16-17H2,1-2H3,(H,18,19). The van der Waals surface area contributed by atoms with Crippen LogP contribution in [-0.4, -0.2) is 20.1 Å². The van der Waals surface area contributed by atoms with Crippen LogP contribution in [-0.2, 0) is 0 Å². The minimum Gasteiger partial charge on any atom is -0.497 e. The van der Waals surface area contributed by atoms with Crippen LogP contribution in [0.4, 0.5) is 17.1 Å². The number of hydrogen-bond donors (Lipinski definition) is 3. The lowest BCUT2D eigenvalue weighted by Crippen LogP contribution is -2.13. The fourth-order valence-electron chi connectivity index (χ4n) is 1.89. The van der Waals surface area contributed by atoms with Gasteiger partial charge in [-0.1, -0.05) is 0 Å². The van der Waals surface area contributed by atoms with E-state index in [0.29, 0.717) is 34.1 Å². The number of nitrogens with two attached hydrogens (primary N) is 2. The first kappa shape index (κ1) is 14.5. The first-order valence-electron chi connectivity index (χ1n) is 6.22. The lowest BCUT2D eigenvalue weighted by Gasteiger charge is -2.10. The molecule has 6 heteroatoms. The van der Waals surface area contributed by atoms with Gasteiger partial charge in [-0.3, -0.25) is 4.79 Å². The van der Waals surface area contributed by atoms with Crippen molar-refractivity contribution in [2.45, 2.75) is 0 Å². The van der Waals surface area contributed by atoms with Gasteiger partial charge in [-0.05, 0) is 18.2 Å². The number of methoxy groups -OCH3 is 2. The topological polar surface area (TPSA) is 99.6 Å². The van der Waals surface area contributed by atoms with E-state index in [9.17, 15) is 4.79 Å². The predicted molar refractivity (Wildman–Crippen MR) is 82.8 cm³/mol. The van der Waals surface area contributed by atoms with Crippen molar-refractivity contribution in [3.8, 4) is 11.5 Å². The summed E-state index contributed by atoms with van der Waals surface area (Å²) >= 11 is 0. The molecule has 0 bridgehead atoms. The van der Waals surface area contributed by atoms with Gasteiger partial charge in [0, 0.05) is 40.8 Å². The number of ether oxygens (including phenoxy) is 2. The number of benzene rings is 2. The van der Waals surface area contributed by atoms with Gasteiger partial charge in [0.05, 0.1) is 14.2 Å². The molecule has 110 valence electrons. The molecular formula is C15H17N3O3. The van der Waals surface area contributed by atoms with Gasteiger partial charge in [0.1, 0.15) is 11.5 Å². The van der Waals surface area contributed by atoms with Crippen LogP contribution >= 0.6 is 0 Å². The van der Waals surface area contributed by atoms with E-state index in [-0.39, 0.29) is 5.91 Å². The first-order chi connectivity index (χ1) is 10.0. The van der Waals surface area contributed by atoms with Crippen molar-refractivity contribution >= 4 is 23.0 Å². The van der Waals surface area contributed by atoms with Crippen molar-refractivity contribution in [2.24, 2.45) is 0 Å². The monoisotopic (exact) mass is 287 g/mol. The zero-order valence-electron chi connectivity index (χ0n) is 11.8. The van der Waals surface area contributed by atoms with Crippen LogP contribution in [0.1, 0.15) is 10.4 Å². The van der Waals surface area contributed by atoms with Gasteiger partial charge >= 0.3 is 0 Å². The number of anilines is 3. The maximum Gasteiger partial charge on any atom is 0.255 e. The molecular weight excluding hydrogens is 270 g/mol. The van der Waals surface area contributed by atoms with E-state index in [1.165, 1.54) is 0 Å². The lowest BCUT2D eigenvalue weighted by molar-refractivity contribution is 0.102. The fraction of sp³-hybridized carbons (Fsp3) is 0.133. The number of carbonyl (C=O) groups excluding carboxylic acids is 1. The van der Waals surface area contributed by atoms with Crippen LogP contribution < -0.4 is 26.3 Å². The molecule has 0 aliphatic carbocycles. The Morgan fingerprint density at radius 2 is 1.43 bits per heavy atom. The molecule has 6 nitrogen and oxygen atoms in total. The Labute approximate surface area is 122 Å². The van der Waals surface area contributed by atoms with Crippen LogP contribution in [0.3, 0.4) is 0 Å². The highest BCUT2D eigenvalue weighted by atomic mass is 16.5. The molecule has 0 saturated heterocycles. The summed E-state index contributed by atoms with van der Waals surface area (Å²) in [6.45, 7) is 0. The molecule has 2 rings (SSSR count). The number of nitrogen functional groups attached to an aromatic ring is 2. The summed E-state index contributed by atoms with van der Waals surface area (Å²) in [5, 5.41) is 2.75. The van der Waals surface area contributed by atoms with E-state index in [4.69, 9.17) is 20.9 Å². The lowest BCUT2D eigenvalue weighted by atomic mass is 10.1. The Morgan fingerprint density at radius 3 is 1.90 bits per heavy atom. The van der Waals surface area contributed by atoms with E-state index in [1.54, 1.807) is 50.6 Å². The molecule has 0 fully saturated rings. The second kappa shape index (κ2) is 6.04. The van der Waals surface area contributed by atoms with Gasteiger partial charge in [0.25, 0.3) is 5.91 Å². The molecule has 1 amide bonds.